The first-order valence-corrected chi connectivity index (χ1v) is 14.2. The first kappa shape index (κ1) is 24.9. The molecule has 0 radical (unpaired) electrons. The number of nitrogens with zero attached hydrogens (tertiary/aromatic N) is 4. The van der Waals surface area contributed by atoms with Crippen molar-refractivity contribution >= 4 is 35.1 Å². The third-order valence-corrected chi connectivity index (χ3v) is 9.44. The van der Waals surface area contributed by atoms with E-state index in [4.69, 9.17) is 0 Å². The van der Waals surface area contributed by atoms with Crippen LogP contribution >= 0.6 is 11.8 Å². The number of rotatable bonds is 6. The molecule has 0 unspecified atom stereocenters. The molecule has 1 saturated carbocycles. The molecule has 6 rings (SSSR count). The molecule has 0 atom stereocenters. The SMILES string of the molecule is Cc1cc(NC(=O)c2ccc(SC3CNC3)cc2N2CCC3(CC2)CC3)nc(N2CCC(F)(F)CC2)n1. The molecule has 2 aromatic rings. The predicted octanol–water partition coefficient (Wildman–Crippen LogP) is 4.72. The number of nitrogens with one attached hydrogen (secondary N) is 2. The van der Waals surface area contributed by atoms with Gasteiger partial charge in [0.05, 0.1) is 11.3 Å². The van der Waals surface area contributed by atoms with Crippen LogP contribution < -0.4 is 20.4 Å². The summed E-state index contributed by atoms with van der Waals surface area (Å²) in [6.07, 6.45) is 4.61. The Bertz CT molecular complexity index is 1170. The van der Waals surface area contributed by atoms with Gasteiger partial charge in [-0.2, -0.15) is 4.98 Å². The van der Waals surface area contributed by atoms with E-state index in [9.17, 15) is 13.6 Å². The maximum atomic E-state index is 13.6. The normalized spacial score (nSPS) is 22.6. The topological polar surface area (TPSA) is 73.4 Å². The molecule has 1 aromatic heterocycles. The quantitative estimate of drug-likeness (QED) is 0.562. The highest BCUT2D eigenvalue weighted by Crippen LogP contribution is 2.54. The van der Waals surface area contributed by atoms with E-state index in [0.717, 1.165) is 31.9 Å². The molecule has 0 bridgehead atoms. The second kappa shape index (κ2) is 9.69. The summed E-state index contributed by atoms with van der Waals surface area (Å²) in [7, 11) is 0. The van der Waals surface area contributed by atoms with Crippen LogP contribution in [0.25, 0.3) is 0 Å². The van der Waals surface area contributed by atoms with Crippen LogP contribution in [0.4, 0.5) is 26.2 Å². The highest BCUT2D eigenvalue weighted by Gasteiger charge is 2.44. The maximum Gasteiger partial charge on any atom is 0.258 e. The van der Waals surface area contributed by atoms with Gasteiger partial charge in [-0.1, -0.05) is 0 Å². The average Bonchev–Trinajstić information content (AvgIpc) is 3.60. The monoisotopic (exact) mass is 528 g/mol. The number of amides is 1. The summed E-state index contributed by atoms with van der Waals surface area (Å²) in [5.41, 5.74) is 2.85. The molecule has 4 fully saturated rings. The van der Waals surface area contributed by atoms with E-state index < -0.39 is 5.92 Å². The van der Waals surface area contributed by atoms with Crippen LogP contribution in [0.2, 0.25) is 0 Å². The summed E-state index contributed by atoms with van der Waals surface area (Å²) in [6, 6.07) is 7.87. The summed E-state index contributed by atoms with van der Waals surface area (Å²) < 4.78 is 27.3. The molecule has 198 valence electrons. The molecule has 4 heterocycles. The van der Waals surface area contributed by atoms with Gasteiger partial charge in [-0.25, -0.2) is 13.8 Å². The van der Waals surface area contributed by atoms with E-state index in [1.165, 1.54) is 30.6 Å². The third-order valence-electron chi connectivity index (χ3n) is 8.24. The zero-order chi connectivity index (χ0) is 25.6. The zero-order valence-electron chi connectivity index (χ0n) is 21.2. The lowest BCUT2D eigenvalue weighted by Gasteiger charge is -2.35. The number of benzene rings is 1. The molecule has 1 amide bonds. The lowest BCUT2D eigenvalue weighted by Crippen LogP contribution is -2.44. The minimum atomic E-state index is -2.64. The van der Waals surface area contributed by atoms with Crippen molar-refractivity contribution in [1.29, 1.82) is 0 Å². The van der Waals surface area contributed by atoms with Crippen molar-refractivity contribution in [2.24, 2.45) is 5.41 Å². The van der Waals surface area contributed by atoms with Gasteiger partial charge in [-0.3, -0.25) is 4.79 Å². The number of carbonyl (C=O) groups excluding carboxylic acids is 1. The lowest BCUT2D eigenvalue weighted by molar-refractivity contribution is -0.0222. The Labute approximate surface area is 220 Å². The fraction of sp³-hybridized carbons (Fsp3) is 0.593. The Balaban J connectivity index is 1.22. The molecule has 37 heavy (non-hydrogen) atoms. The third kappa shape index (κ3) is 5.55. The van der Waals surface area contributed by atoms with Crippen molar-refractivity contribution in [3.63, 3.8) is 0 Å². The van der Waals surface area contributed by atoms with Gasteiger partial charge in [0.15, 0.2) is 0 Å². The Morgan fingerprint density at radius 2 is 1.70 bits per heavy atom. The number of thioether (sulfide) groups is 1. The molecule has 3 saturated heterocycles. The second-order valence-electron chi connectivity index (χ2n) is 11.1. The fourth-order valence-corrected chi connectivity index (χ4v) is 6.56. The largest absolute Gasteiger partial charge is 0.371 e. The molecule has 4 aliphatic rings. The fourth-order valence-electron chi connectivity index (χ4n) is 5.45. The van der Waals surface area contributed by atoms with E-state index in [-0.39, 0.29) is 31.8 Å². The van der Waals surface area contributed by atoms with Crippen LogP contribution in [0.3, 0.4) is 0 Å². The Hall–Kier alpha value is -2.46. The van der Waals surface area contributed by atoms with Gasteiger partial charge in [-0.15, -0.1) is 11.8 Å². The van der Waals surface area contributed by atoms with Crippen LogP contribution in [0.1, 0.15) is 54.6 Å². The Morgan fingerprint density at radius 1 is 1.00 bits per heavy atom. The first-order chi connectivity index (χ1) is 17.8. The van der Waals surface area contributed by atoms with Gasteiger partial charge >= 0.3 is 0 Å². The van der Waals surface area contributed by atoms with Crippen molar-refractivity contribution in [2.45, 2.75) is 61.5 Å². The minimum absolute atomic E-state index is 0.195. The molecular formula is C27H34F2N6OS. The summed E-state index contributed by atoms with van der Waals surface area (Å²) in [6.45, 7) is 6.18. The molecule has 10 heteroatoms. The molecule has 7 nitrogen and oxygen atoms in total. The van der Waals surface area contributed by atoms with Gasteiger partial charge < -0.3 is 20.4 Å². The van der Waals surface area contributed by atoms with Gasteiger partial charge in [0.25, 0.3) is 11.8 Å². The summed E-state index contributed by atoms with van der Waals surface area (Å²) >= 11 is 1.86. The van der Waals surface area contributed by atoms with Gasteiger partial charge in [0, 0.05) is 74.0 Å². The zero-order valence-corrected chi connectivity index (χ0v) is 22.0. The molecule has 1 aromatic carbocycles. The van der Waals surface area contributed by atoms with Crippen molar-refractivity contribution in [2.75, 3.05) is 54.4 Å². The second-order valence-corrected chi connectivity index (χ2v) is 12.4. The number of aromatic nitrogens is 2. The predicted molar refractivity (Wildman–Crippen MR) is 143 cm³/mol. The van der Waals surface area contributed by atoms with Crippen LogP contribution in [-0.2, 0) is 0 Å². The average molecular weight is 529 g/mol. The number of anilines is 3. The van der Waals surface area contributed by atoms with Crippen LogP contribution in [0, 0.1) is 12.3 Å². The van der Waals surface area contributed by atoms with Gasteiger partial charge in [0.2, 0.25) is 5.95 Å². The Kier molecular flexibility index (Phi) is 6.51. The lowest BCUT2D eigenvalue weighted by atomic mass is 9.93. The number of aryl methyl sites for hydroxylation is 1. The molecule has 1 aliphatic carbocycles. The van der Waals surface area contributed by atoms with Crippen molar-refractivity contribution in [1.82, 2.24) is 15.3 Å². The molecule has 2 N–H and O–H groups in total. The smallest absolute Gasteiger partial charge is 0.258 e. The van der Waals surface area contributed by atoms with Crippen molar-refractivity contribution in [3.05, 3.63) is 35.5 Å². The first-order valence-electron chi connectivity index (χ1n) is 13.3. The number of alkyl halides is 2. The molecule has 1 spiro atoms. The highest BCUT2D eigenvalue weighted by atomic mass is 32.2. The molecule has 3 aliphatic heterocycles. The van der Waals surface area contributed by atoms with E-state index in [0.29, 0.717) is 33.7 Å². The number of carbonyl (C=O) groups is 1. The molecular weight excluding hydrogens is 494 g/mol. The van der Waals surface area contributed by atoms with Crippen LogP contribution in [0.5, 0.6) is 0 Å². The van der Waals surface area contributed by atoms with E-state index in [1.807, 2.05) is 30.8 Å². The number of hydrogen-bond acceptors (Lipinski definition) is 7. The number of halogens is 2. The highest BCUT2D eigenvalue weighted by molar-refractivity contribution is 8.00. The van der Waals surface area contributed by atoms with Crippen molar-refractivity contribution < 1.29 is 13.6 Å². The van der Waals surface area contributed by atoms with Crippen molar-refractivity contribution in [3.8, 4) is 0 Å². The maximum absolute atomic E-state index is 13.6. The van der Waals surface area contributed by atoms with E-state index in [1.54, 1.807) is 11.0 Å². The summed E-state index contributed by atoms with van der Waals surface area (Å²) in [5.74, 6) is -2.07. The van der Waals surface area contributed by atoms with Crippen LogP contribution in [-0.4, -0.2) is 66.3 Å². The minimum Gasteiger partial charge on any atom is -0.371 e. The van der Waals surface area contributed by atoms with Gasteiger partial charge in [0.1, 0.15) is 5.82 Å². The standard InChI is InChI=1S/C27H34F2N6OS/c1-18-14-23(33-25(31-18)35-12-8-27(28,29)9-13-35)32-24(36)21-3-2-19(37-20-16-30-17-20)15-22(21)34-10-6-26(4-5-26)7-11-34/h2-3,14-15,20,30H,4-13,16-17H2,1H3,(H,31,32,33,36). The number of piperidine rings is 2. The van der Waals surface area contributed by atoms with Gasteiger partial charge in [-0.05, 0) is 56.2 Å². The summed E-state index contributed by atoms with van der Waals surface area (Å²) in [4.78, 5) is 27.9. The van der Waals surface area contributed by atoms with E-state index in [2.05, 4.69) is 31.6 Å². The van der Waals surface area contributed by atoms with E-state index >= 15 is 0 Å². The summed E-state index contributed by atoms with van der Waals surface area (Å²) in [5, 5.41) is 6.87. The Morgan fingerprint density at radius 3 is 2.35 bits per heavy atom. The number of hydrogen-bond donors (Lipinski definition) is 2. The van der Waals surface area contributed by atoms with Crippen LogP contribution in [0.15, 0.2) is 29.2 Å².